The fraction of sp³-hybridized carbons (Fsp3) is 0.412. The minimum Gasteiger partial charge on any atom is -0.480 e. The van der Waals surface area contributed by atoms with E-state index in [0.29, 0.717) is 18.5 Å². The molecule has 128 valence electrons. The molecule has 1 heterocycles. The lowest BCUT2D eigenvalue weighted by Crippen LogP contribution is -2.54. The SMILES string of the molecule is CCCC(C)(NC(=O)C1=NN(c2ccccc2)C(=O)CC1)C(=O)O. The Kier molecular flexibility index (Phi) is 5.33. The van der Waals surface area contributed by atoms with Crippen LogP contribution in [0, 0.1) is 0 Å². The smallest absolute Gasteiger partial charge is 0.329 e. The first-order chi connectivity index (χ1) is 11.4. The number of hydrogen-bond acceptors (Lipinski definition) is 4. The number of hydrogen-bond donors (Lipinski definition) is 2. The lowest BCUT2D eigenvalue weighted by atomic mass is 9.95. The molecule has 2 amide bonds. The molecule has 0 bridgehead atoms. The first-order valence-electron chi connectivity index (χ1n) is 7.89. The Labute approximate surface area is 140 Å². The van der Waals surface area contributed by atoms with Crippen LogP contribution in [0.2, 0.25) is 0 Å². The van der Waals surface area contributed by atoms with E-state index in [1.165, 1.54) is 11.9 Å². The second-order valence-electron chi connectivity index (χ2n) is 5.93. The van der Waals surface area contributed by atoms with E-state index >= 15 is 0 Å². The van der Waals surface area contributed by atoms with E-state index < -0.39 is 17.4 Å². The summed E-state index contributed by atoms with van der Waals surface area (Å²) in [5.74, 6) is -1.85. The number of nitrogens with zero attached hydrogens (tertiary/aromatic N) is 2. The number of benzene rings is 1. The Balaban J connectivity index is 2.22. The molecule has 0 saturated heterocycles. The fourth-order valence-corrected chi connectivity index (χ4v) is 2.53. The second kappa shape index (κ2) is 7.25. The molecule has 7 heteroatoms. The van der Waals surface area contributed by atoms with Gasteiger partial charge in [-0.1, -0.05) is 31.5 Å². The Hall–Kier alpha value is -2.70. The van der Waals surface area contributed by atoms with Crippen molar-refractivity contribution >= 4 is 29.2 Å². The molecular formula is C17H21N3O4. The third-order valence-corrected chi connectivity index (χ3v) is 3.91. The Morgan fingerprint density at radius 1 is 1.29 bits per heavy atom. The lowest BCUT2D eigenvalue weighted by molar-refractivity contribution is -0.146. The van der Waals surface area contributed by atoms with Crippen LogP contribution in [0.3, 0.4) is 0 Å². The lowest BCUT2D eigenvalue weighted by Gasteiger charge is -2.28. The van der Waals surface area contributed by atoms with Crippen LogP contribution in [0.5, 0.6) is 0 Å². The van der Waals surface area contributed by atoms with Gasteiger partial charge in [-0.2, -0.15) is 5.10 Å². The van der Waals surface area contributed by atoms with Gasteiger partial charge in [-0.3, -0.25) is 9.59 Å². The number of aliphatic carboxylic acids is 1. The van der Waals surface area contributed by atoms with Gasteiger partial charge in [-0.15, -0.1) is 0 Å². The van der Waals surface area contributed by atoms with Gasteiger partial charge in [0, 0.05) is 12.8 Å². The highest BCUT2D eigenvalue weighted by Crippen LogP contribution is 2.20. The summed E-state index contributed by atoms with van der Waals surface area (Å²) in [5.41, 5.74) is -0.628. The number of carbonyl (C=O) groups is 3. The van der Waals surface area contributed by atoms with Crippen molar-refractivity contribution in [3.63, 3.8) is 0 Å². The molecule has 1 aliphatic rings. The van der Waals surface area contributed by atoms with Crippen LogP contribution in [-0.2, 0) is 14.4 Å². The molecular weight excluding hydrogens is 310 g/mol. The molecule has 0 spiro atoms. The van der Waals surface area contributed by atoms with Crippen LogP contribution >= 0.6 is 0 Å². The van der Waals surface area contributed by atoms with Crippen molar-refractivity contribution in [3.05, 3.63) is 30.3 Å². The highest BCUT2D eigenvalue weighted by atomic mass is 16.4. The van der Waals surface area contributed by atoms with Crippen molar-refractivity contribution in [1.82, 2.24) is 5.32 Å². The second-order valence-corrected chi connectivity index (χ2v) is 5.93. The van der Waals surface area contributed by atoms with Crippen molar-refractivity contribution in [2.45, 2.75) is 45.1 Å². The third kappa shape index (κ3) is 3.79. The number of hydrazone groups is 1. The summed E-state index contributed by atoms with van der Waals surface area (Å²) in [6.07, 6.45) is 1.27. The number of carboxylic acid groups (broad SMARTS) is 1. The number of nitrogens with one attached hydrogen (secondary N) is 1. The summed E-state index contributed by atoms with van der Waals surface area (Å²) in [6, 6.07) is 8.81. The highest BCUT2D eigenvalue weighted by molar-refractivity contribution is 6.40. The summed E-state index contributed by atoms with van der Waals surface area (Å²) < 4.78 is 0. The topological polar surface area (TPSA) is 99.1 Å². The number of carboxylic acids is 1. The van der Waals surface area contributed by atoms with E-state index in [4.69, 9.17) is 0 Å². The predicted molar refractivity (Wildman–Crippen MR) is 89.7 cm³/mol. The quantitative estimate of drug-likeness (QED) is 0.832. The molecule has 0 aliphatic carbocycles. The van der Waals surface area contributed by atoms with Gasteiger partial charge in [0.25, 0.3) is 5.91 Å². The number of rotatable bonds is 6. The minimum absolute atomic E-state index is 0.151. The highest BCUT2D eigenvalue weighted by Gasteiger charge is 2.36. The van der Waals surface area contributed by atoms with Gasteiger partial charge in [0.05, 0.1) is 5.69 Å². The number of para-hydroxylation sites is 1. The number of anilines is 1. The van der Waals surface area contributed by atoms with E-state index in [-0.39, 0.29) is 24.5 Å². The summed E-state index contributed by atoms with van der Waals surface area (Å²) in [5, 5.41) is 17.2. The number of carbonyl (C=O) groups excluding carboxylic acids is 2. The van der Waals surface area contributed by atoms with Gasteiger partial charge >= 0.3 is 5.97 Å². The zero-order valence-electron chi connectivity index (χ0n) is 13.8. The molecule has 1 aromatic rings. The van der Waals surface area contributed by atoms with E-state index in [1.54, 1.807) is 24.3 Å². The zero-order valence-corrected chi connectivity index (χ0v) is 13.8. The Morgan fingerprint density at radius 2 is 1.96 bits per heavy atom. The van der Waals surface area contributed by atoms with Gasteiger partial charge in [-0.25, -0.2) is 9.80 Å². The third-order valence-electron chi connectivity index (χ3n) is 3.91. The van der Waals surface area contributed by atoms with E-state index in [0.717, 1.165) is 0 Å². The molecule has 1 atom stereocenters. The van der Waals surface area contributed by atoms with Crippen LogP contribution < -0.4 is 10.3 Å². The van der Waals surface area contributed by atoms with Crippen LogP contribution in [0.25, 0.3) is 0 Å². The molecule has 2 rings (SSSR count). The molecule has 0 saturated carbocycles. The van der Waals surface area contributed by atoms with Crippen molar-refractivity contribution < 1.29 is 19.5 Å². The Morgan fingerprint density at radius 3 is 2.54 bits per heavy atom. The molecule has 1 aromatic carbocycles. The average molecular weight is 331 g/mol. The van der Waals surface area contributed by atoms with Crippen LogP contribution in [0.1, 0.15) is 39.5 Å². The first-order valence-corrected chi connectivity index (χ1v) is 7.89. The predicted octanol–water partition coefficient (Wildman–Crippen LogP) is 1.93. The van der Waals surface area contributed by atoms with Gasteiger partial charge < -0.3 is 10.4 Å². The molecule has 2 N–H and O–H groups in total. The summed E-state index contributed by atoms with van der Waals surface area (Å²) in [7, 11) is 0. The van der Waals surface area contributed by atoms with Crippen LogP contribution in [0.15, 0.2) is 35.4 Å². The van der Waals surface area contributed by atoms with Gasteiger partial charge in [-0.05, 0) is 25.5 Å². The standard InChI is InChI=1S/C17H21N3O4/c1-3-11-17(2,16(23)24)18-15(22)13-9-10-14(21)20(19-13)12-7-5-4-6-8-12/h4-8H,3,9-11H2,1-2H3,(H,18,22)(H,23,24). The Bertz CT molecular complexity index is 672. The molecule has 24 heavy (non-hydrogen) atoms. The normalized spacial score (nSPS) is 17.0. The summed E-state index contributed by atoms with van der Waals surface area (Å²) >= 11 is 0. The minimum atomic E-state index is -1.35. The fourth-order valence-electron chi connectivity index (χ4n) is 2.53. The molecule has 1 aliphatic heterocycles. The van der Waals surface area contributed by atoms with E-state index in [2.05, 4.69) is 10.4 Å². The van der Waals surface area contributed by atoms with Crippen LogP contribution in [0.4, 0.5) is 5.69 Å². The van der Waals surface area contributed by atoms with Crippen molar-refractivity contribution in [2.24, 2.45) is 5.10 Å². The number of amides is 2. The maximum atomic E-state index is 12.4. The van der Waals surface area contributed by atoms with Crippen molar-refractivity contribution in [2.75, 3.05) is 5.01 Å². The van der Waals surface area contributed by atoms with Gasteiger partial charge in [0.15, 0.2) is 0 Å². The van der Waals surface area contributed by atoms with Crippen molar-refractivity contribution in [1.29, 1.82) is 0 Å². The average Bonchev–Trinajstić information content (AvgIpc) is 2.56. The largest absolute Gasteiger partial charge is 0.480 e. The van der Waals surface area contributed by atoms with Gasteiger partial charge in [0.2, 0.25) is 5.91 Å². The summed E-state index contributed by atoms with van der Waals surface area (Å²) in [4.78, 5) is 35.9. The van der Waals surface area contributed by atoms with Crippen LogP contribution in [-0.4, -0.2) is 34.1 Å². The van der Waals surface area contributed by atoms with Crippen molar-refractivity contribution in [3.8, 4) is 0 Å². The molecule has 7 nitrogen and oxygen atoms in total. The van der Waals surface area contributed by atoms with E-state index in [1.807, 2.05) is 13.0 Å². The van der Waals surface area contributed by atoms with E-state index in [9.17, 15) is 19.5 Å². The molecule has 0 radical (unpaired) electrons. The van der Waals surface area contributed by atoms with Gasteiger partial charge in [0.1, 0.15) is 11.3 Å². The molecule has 0 aromatic heterocycles. The molecule has 1 unspecified atom stereocenters. The molecule has 0 fully saturated rings. The zero-order chi connectivity index (χ0) is 17.7. The maximum Gasteiger partial charge on any atom is 0.329 e. The monoisotopic (exact) mass is 331 g/mol. The maximum absolute atomic E-state index is 12.4. The first kappa shape index (κ1) is 17.7. The summed E-state index contributed by atoms with van der Waals surface area (Å²) in [6.45, 7) is 3.32.